The van der Waals surface area contributed by atoms with Gasteiger partial charge in [-0.1, -0.05) is 13.3 Å². The van der Waals surface area contributed by atoms with Crippen LogP contribution in [0.25, 0.3) is 0 Å². The van der Waals surface area contributed by atoms with E-state index in [9.17, 15) is 0 Å². The van der Waals surface area contributed by atoms with Crippen molar-refractivity contribution in [2.45, 2.75) is 38.6 Å². The van der Waals surface area contributed by atoms with Crippen LogP contribution in [0, 0.1) is 5.92 Å². The summed E-state index contributed by atoms with van der Waals surface area (Å²) in [6.45, 7) is 2.46. The lowest BCUT2D eigenvalue weighted by Crippen LogP contribution is -2.22. The van der Waals surface area contributed by atoms with Crippen molar-refractivity contribution >= 4 is 11.8 Å². The maximum absolute atomic E-state index is 9.05. The lowest BCUT2D eigenvalue weighted by Gasteiger charge is -2.15. The van der Waals surface area contributed by atoms with E-state index in [-0.39, 0.29) is 0 Å². The van der Waals surface area contributed by atoms with E-state index >= 15 is 0 Å². The summed E-state index contributed by atoms with van der Waals surface area (Å²) in [4.78, 5) is 0. The maximum atomic E-state index is 9.05. The van der Waals surface area contributed by atoms with E-state index in [0.29, 0.717) is 18.6 Å². The molecule has 0 fully saturated rings. The summed E-state index contributed by atoms with van der Waals surface area (Å²) in [5, 5.41) is 9.05. The van der Waals surface area contributed by atoms with Gasteiger partial charge in [0.05, 0.1) is 0 Å². The largest absolute Gasteiger partial charge is 0.396 e. The zero-order valence-corrected chi connectivity index (χ0v) is 9.65. The van der Waals surface area contributed by atoms with Gasteiger partial charge in [0.2, 0.25) is 0 Å². The predicted octanol–water partition coefficient (Wildman–Crippen LogP) is 1.87. The number of rotatable bonds is 8. The normalized spacial score (nSPS) is 15.7. The molecule has 2 atom stereocenters. The Labute approximate surface area is 86.3 Å². The number of aliphatic hydroxyl groups excluding tert-OH is 1. The van der Waals surface area contributed by atoms with Crippen LogP contribution in [0.3, 0.4) is 0 Å². The Balaban J connectivity index is 3.46. The van der Waals surface area contributed by atoms with Gasteiger partial charge in [-0.3, -0.25) is 0 Å². The Morgan fingerprint density at radius 1 is 1.31 bits per heavy atom. The van der Waals surface area contributed by atoms with Crippen LogP contribution < -0.4 is 5.73 Å². The highest BCUT2D eigenvalue weighted by Crippen LogP contribution is 2.13. The molecule has 0 aliphatic carbocycles. The Hall–Kier alpha value is 0.270. The Morgan fingerprint density at radius 3 is 2.46 bits per heavy atom. The van der Waals surface area contributed by atoms with Crippen LogP contribution in [-0.4, -0.2) is 29.8 Å². The highest BCUT2D eigenvalue weighted by atomic mass is 32.2. The van der Waals surface area contributed by atoms with Crippen molar-refractivity contribution in [1.29, 1.82) is 0 Å². The van der Waals surface area contributed by atoms with Crippen LogP contribution in [0.4, 0.5) is 0 Å². The van der Waals surface area contributed by atoms with E-state index in [4.69, 9.17) is 10.8 Å². The van der Waals surface area contributed by atoms with E-state index in [1.165, 1.54) is 0 Å². The monoisotopic (exact) mass is 205 g/mol. The standard InChI is InChI=1S/C10H23NOS/c1-3-4-10(11)6-5-9(7-12)8-13-2/h9-10,12H,3-8,11H2,1-2H3. The van der Waals surface area contributed by atoms with Crippen LogP contribution in [0.5, 0.6) is 0 Å². The first kappa shape index (κ1) is 13.3. The summed E-state index contributed by atoms with van der Waals surface area (Å²) in [6.07, 6.45) is 6.47. The molecule has 0 aromatic carbocycles. The van der Waals surface area contributed by atoms with Gasteiger partial charge in [-0.15, -0.1) is 0 Å². The van der Waals surface area contributed by atoms with Gasteiger partial charge < -0.3 is 10.8 Å². The average Bonchev–Trinajstić information content (AvgIpc) is 2.12. The second kappa shape index (κ2) is 8.85. The molecule has 0 spiro atoms. The minimum atomic E-state index is 0.305. The summed E-state index contributed by atoms with van der Waals surface area (Å²) in [5.41, 5.74) is 5.89. The topological polar surface area (TPSA) is 46.2 Å². The summed E-state index contributed by atoms with van der Waals surface area (Å²) < 4.78 is 0. The van der Waals surface area contributed by atoms with E-state index in [1.807, 2.05) is 0 Å². The van der Waals surface area contributed by atoms with Gasteiger partial charge in [0, 0.05) is 12.6 Å². The molecule has 0 aliphatic heterocycles. The van der Waals surface area contributed by atoms with Crippen molar-refractivity contribution < 1.29 is 5.11 Å². The van der Waals surface area contributed by atoms with Gasteiger partial charge in [-0.2, -0.15) is 11.8 Å². The van der Waals surface area contributed by atoms with E-state index in [2.05, 4.69) is 13.2 Å². The van der Waals surface area contributed by atoms with Crippen LogP contribution in [0.2, 0.25) is 0 Å². The smallest absolute Gasteiger partial charge is 0.0467 e. The molecule has 0 aliphatic rings. The number of aliphatic hydroxyl groups is 1. The molecule has 2 nitrogen and oxygen atoms in total. The Morgan fingerprint density at radius 2 is 2.00 bits per heavy atom. The lowest BCUT2D eigenvalue weighted by atomic mass is 10.0. The quantitative estimate of drug-likeness (QED) is 0.636. The maximum Gasteiger partial charge on any atom is 0.0467 e. The Kier molecular flexibility index (Phi) is 9.03. The number of hydrogen-bond donors (Lipinski definition) is 2. The fourth-order valence-corrected chi connectivity index (χ4v) is 2.17. The molecule has 13 heavy (non-hydrogen) atoms. The molecular weight excluding hydrogens is 182 g/mol. The minimum Gasteiger partial charge on any atom is -0.396 e. The molecule has 0 bridgehead atoms. The molecule has 0 aromatic heterocycles. The van der Waals surface area contributed by atoms with Crippen LogP contribution in [-0.2, 0) is 0 Å². The van der Waals surface area contributed by atoms with E-state index in [1.54, 1.807) is 11.8 Å². The zero-order valence-electron chi connectivity index (χ0n) is 8.83. The SMILES string of the molecule is CCCC(N)CCC(CO)CSC. The summed E-state index contributed by atoms with van der Waals surface area (Å²) in [5.74, 6) is 1.49. The van der Waals surface area contributed by atoms with Gasteiger partial charge >= 0.3 is 0 Å². The van der Waals surface area contributed by atoms with Crippen molar-refractivity contribution in [3.8, 4) is 0 Å². The van der Waals surface area contributed by atoms with Gasteiger partial charge in [-0.05, 0) is 37.2 Å². The van der Waals surface area contributed by atoms with E-state index in [0.717, 1.165) is 31.4 Å². The highest BCUT2D eigenvalue weighted by molar-refractivity contribution is 7.98. The van der Waals surface area contributed by atoms with Gasteiger partial charge in [0.1, 0.15) is 0 Å². The first-order valence-corrected chi connectivity index (χ1v) is 6.49. The summed E-state index contributed by atoms with van der Waals surface area (Å²) >= 11 is 1.80. The molecule has 0 rings (SSSR count). The van der Waals surface area contributed by atoms with Crippen molar-refractivity contribution in [2.24, 2.45) is 11.7 Å². The highest BCUT2D eigenvalue weighted by Gasteiger charge is 2.09. The fourth-order valence-electron chi connectivity index (χ4n) is 1.43. The number of nitrogens with two attached hydrogens (primary N) is 1. The zero-order chi connectivity index (χ0) is 10.1. The molecule has 80 valence electrons. The van der Waals surface area contributed by atoms with Gasteiger partial charge in [-0.25, -0.2) is 0 Å². The second-order valence-electron chi connectivity index (χ2n) is 3.63. The molecular formula is C10H23NOS. The van der Waals surface area contributed by atoms with Gasteiger partial charge in [0.25, 0.3) is 0 Å². The van der Waals surface area contributed by atoms with Crippen LogP contribution in [0.1, 0.15) is 32.6 Å². The first-order valence-electron chi connectivity index (χ1n) is 5.09. The van der Waals surface area contributed by atoms with Crippen LogP contribution in [0.15, 0.2) is 0 Å². The van der Waals surface area contributed by atoms with Crippen molar-refractivity contribution in [3.63, 3.8) is 0 Å². The average molecular weight is 205 g/mol. The number of thioether (sulfide) groups is 1. The molecule has 0 saturated heterocycles. The molecule has 2 unspecified atom stereocenters. The first-order chi connectivity index (χ1) is 6.24. The number of hydrogen-bond acceptors (Lipinski definition) is 3. The molecule has 0 heterocycles. The second-order valence-corrected chi connectivity index (χ2v) is 4.54. The minimum absolute atomic E-state index is 0.305. The fraction of sp³-hybridized carbons (Fsp3) is 1.00. The predicted molar refractivity (Wildman–Crippen MR) is 61.1 cm³/mol. The molecule has 3 heteroatoms. The lowest BCUT2D eigenvalue weighted by molar-refractivity contribution is 0.228. The van der Waals surface area contributed by atoms with Crippen molar-refractivity contribution in [2.75, 3.05) is 18.6 Å². The molecule has 3 N–H and O–H groups in total. The van der Waals surface area contributed by atoms with Crippen molar-refractivity contribution in [1.82, 2.24) is 0 Å². The van der Waals surface area contributed by atoms with E-state index < -0.39 is 0 Å². The third kappa shape index (κ3) is 7.35. The summed E-state index contributed by atoms with van der Waals surface area (Å²) in [6, 6.07) is 0.334. The van der Waals surface area contributed by atoms with Crippen LogP contribution >= 0.6 is 11.8 Å². The molecule has 0 aromatic rings. The van der Waals surface area contributed by atoms with Gasteiger partial charge in [0.15, 0.2) is 0 Å². The summed E-state index contributed by atoms with van der Waals surface area (Å²) in [7, 11) is 0. The third-order valence-electron chi connectivity index (χ3n) is 2.27. The molecule has 0 saturated carbocycles. The van der Waals surface area contributed by atoms with Crippen molar-refractivity contribution in [3.05, 3.63) is 0 Å². The molecule has 0 amide bonds. The Bertz CT molecular complexity index is 111. The molecule has 0 radical (unpaired) electrons. The third-order valence-corrected chi connectivity index (χ3v) is 3.07.